The number of rotatable bonds is 14. The molecule has 0 aliphatic rings. The van der Waals surface area contributed by atoms with Crippen molar-refractivity contribution in [2.24, 2.45) is 29.1 Å². The van der Waals surface area contributed by atoms with Crippen LogP contribution in [0, 0.1) is 29.1 Å². The predicted molar refractivity (Wildman–Crippen MR) is 138 cm³/mol. The Labute approximate surface area is 218 Å². The highest BCUT2D eigenvalue weighted by atomic mass is 32.1. The van der Waals surface area contributed by atoms with Crippen LogP contribution in [0.15, 0.2) is 0 Å². The molecule has 0 spiro atoms. The Hall–Kier alpha value is -0.720. The molecule has 0 fully saturated rings. The van der Waals surface area contributed by atoms with Crippen LogP contribution in [0.2, 0.25) is 0 Å². The van der Waals surface area contributed by atoms with E-state index >= 15 is 0 Å². The van der Waals surface area contributed by atoms with Gasteiger partial charge in [0, 0.05) is 23.0 Å². The van der Waals surface area contributed by atoms with E-state index in [1.807, 2.05) is 0 Å². The minimum absolute atomic E-state index is 0.131. The highest BCUT2D eigenvalue weighted by Gasteiger charge is 2.59. The number of carbonyl (C=O) groups is 4. The maximum absolute atomic E-state index is 12.8. The van der Waals surface area contributed by atoms with Crippen molar-refractivity contribution in [1.82, 2.24) is 0 Å². The normalized spacial score (nSPS) is 17.0. The SMILES string of the molecule is CC(CS)C(=O)OCC(C)(C)C(OC(=O)C(C)CS)(OC(=O)C(C)CS)OC(=O)C(C)CS. The van der Waals surface area contributed by atoms with E-state index in [2.05, 4.69) is 50.5 Å². The monoisotopic (exact) mass is 544 g/mol. The molecule has 33 heavy (non-hydrogen) atoms. The highest BCUT2D eigenvalue weighted by molar-refractivity contribution is 7.80. The van der Waals surface area contributed by atoms with E-state index < -0.39 is 65.5 Å². The Balaban J connectivity index is 6.45. The van der Waals surface area contributed by atoms with E-state index in [1.165, 1.54) is 13.8 Å². The molecule has 0 aromatic carbocycles. The van der Waals surface area contributed by atoms with Gasteiger partial charge < -0.3 is 18.9 Å². The van der Waals surface area contributed by atoms with Crippen LogP contribution >= 0.6 is 50.5 Å². The van der Waals surface area contributed by atoms with Crippen molar-refractivity contribution >= 4 is 74.4 Å². The van der Waals surface area contributed by atoms with Crippen LogP contribution in [0.3, 0.4) is 0 Å². The topological polar surface area (TPSA) is 105 Å². The molecule has 192 valence electrons. The van der Waals surface area contributed by atoms with Gasteiger partial charge in [0.05, 0.1) is 23.7 Å². The van der Waals surface area contributed by atoms with E-state index in [-0.39, 0.29) is 23.0 Å². The van der Waals surface area contributed by atoms with Crippen molar-refractivity contribution in [3.8, 4) is 0 Å². The maximum Gasteiger partial charge on any atom is 0.432 e. The van der Waals surface area contributed by atoms with Gasteiger partial charge in [-0.1, -0.05) is 27.7 Å². The standard InChI is InChI=1S/C21H36O8S4/c1-12(7-30)16(22)26-11-20(5,6)21(27-17(23)13(2)8-31,28-18(24)14(3)9-32)29-19(25)15(4)10-33/h12-15,30-33H,7-11H2,1-6H3. The van der Waals surface area contributed by atoms with Gasteiger partial charge in [0.15, 0.2) is 0 Å². The summed E-state index contributed by atoms with van der Waals surface area (Å²) in [6.45, 7) is 8.88. The minimum Gasteiger partial charge on any atom is -0.464 e. The molecule has 0 bridgehead atoms. The lowest BCUT2D eigenvalue weighted by Crippen LogP contribution is -2.58. The lowest BCUT2D eigenvalue weighted by Gasteiger charge is -2.42. The van der Waals surface area contributed by atoms with Crippen molar-refractivity contribution in [1.29, 1.82) is 0 Å². The second-order valence-corrected chi connectivity index (χ2v) is 10.1. The third-order valence-corrected chi connectivity index (χ3v) is 7.00. The summed E-state index contributed by atoms with van der Waals surface area (Å²) in [4.78, 5) is 50.6. The molecule has 0 radical (unpaired) electrons. The minimum atomic E-state index is -2.52. The summed E-state index contributed by atoms with van der Waals surface area (Å²) in [5.74, 6) is -7.52. The molecule has 0 amide bonds. The van der Waals surface area contributed by atoms with Gasteiger partial charge in [-0.05, 0) is 13.8 Å². The summed E-state index contributed by atoms with van der Waals surface area (Å²) in [6, 6.07) is 0. The number of carbonyl (C=O) groups excluding carboxylic acids is 4. The number of ether oxygens (including phenoxy) is 4. The Morgan fingerprint density at radius 2 is 0.879 bits per heavy atom. The largest absolute Gasteiger partial charge is 0.464 e. The van der Waals surface area contributed by atoms with E-state index in [1.54, 1.807) is 27.7 Å². The van der Waals surface area contributed by atoms with E-state index in [9.17, 15) is 19.2 Å². The van der Waals surface area contributed by atoms with Crippen LogP contribution in [-0.4, -0.2) is 59.5 Å². The lowest BCUT2D eigenvalue weighted by atomic mass is 9.90. The highest BCUT2D eigenvalue weighted by Crippen LogP contribution is 2.40. The first-order valence-electron chi connectivity index (χ1n) is 10.5. The summed E-state index contributed by atoms with van der Waals surface area (Å²) < 4.78 is 22.1. The zero-order chi connectivity index (χ0) is 26.0. The molecule has 0 N–H and O–H groups in total. The summed E-state index contributed by atoms with van der Waals surface area (Å²) in [5, 5.41) is 0. The van der Waals surface area contributed by atoms with Crippen molar-refractivity contribution < 1.29 is 38.1 Å². The fraction of sp³-hybridized carbons (Fsp3) is 0.810. The fourth-order valence-corrected chi connectivity index (χ4v) is 2.55. The van der Waals surface area contributed by atoms with Crippen LogP contribution in [0.1, 0.15) is 41.5 Å². The Morgan fingerprint density at radius 3 is 1.15 bits per heavy atom. The molecule has 12 heteroatoms. The average Bonchev–Trinajstić information content (AvgIpc) is 2.79. The maximum atomic E-state index is 12.8. The van der Waals surface area contributed by atoms with Crippen LogP contribution in [0.5, 0.6) is 0 Å². The predicted octanol–water partition coefficient (Wildman–Crippen LogP) is 3.10. The van der Waals surface area contributed by atoms with Crippen molar-refractivity contribution in [3.05, 3.63) is 0 Å². The van der Waals surface area contributed by atoms with Crippen LogP contribution < -0.4 is 0 Å². The second kappa shape index (κ2) is 14.6. The molecule has 0 saturated carbocycles. The average molecular weight is 545 g/mol. The Bertz CT molecular complexity index is 625. The first-order valence-corrected chi connectivity index (χ1v) is 13.0. The quantitative estimate of drug-likeness (QED) is 0.150. The van der Waals surface area contributed by atoms with Crippen LogP contribution in [0.4, 0.5) is 0 Å². The number of esters is 4. The first-order chi connectivity index (χ1) is 15.2. The van der Waals surface area contributed by atoms with Gasteiger partial charge in [-0.15, -0.1) is 0 Å². The molecular formula is C21H36O8S4. The van der Waals surface area contributed by atoms with Gasteiger partial charge in [0.2, 0.25) is 0 Å². The van der Waals surface area contributed by atoms with Crippen molar-refractivity contribution in [3.63, 3.8) is 0 Å². The molecule has 0 aliphatic heterocycles. The molecule has 4 atom stereocenters. The summed E-state index contributed by atoms with van der Waals surface area (Å²) in [6.07, 6.45) is 0. The first kappa shape index (κ1) is 32.3. The third-order valence-electron chi connectivity index (χ3n) is 4.81. The number of hydrogen-bond acceptors (Lipinski definition) is 12. The third kappa shape index (κ3) is 9.45. The number of hydrogen-bond donors (Lipinski definition) is 4. The van der Waals surface area contributed by atoms with Gasteiger partial charge in [0.25, 0.3) is 0 Å². The summed E-state index contributed by atoms with van der Waals surface area (Å²) in [5.41, 5.74) is -1.50. The Morgan fingerprint density at radius 1 is 0.606 bits per heavy atom. The van der Waals surface area contributed by atoms with Gasteiger partial charge in [-0.2, -0.15) is 50.5 Å². The van der Waals surface area contributed by atoms with E-state index in [0.717, 1.165) is 0 Å². The van der Waals surface area contributed by atoms with Crippen molar-refractivity contribution in [2.45, 2.75) is 47.5 Å². The molecule has 0 heterocycles. The fourth-order valence-electron chi connectivity index (χ4n) is 1.96. The zero-order valence-electron chi connectivity index (χ0n) is 19.9. The molecule has 8 nitrogen and oxygen atoms in total. The molecule has 0 aliphatic carbocycles. The zero-order valence-corrected chi connectivity index (χ0v) is 23.5. The number of thiol groups is 4. The summed E-state index contributed by atoms with van der Waals surface area (Å²) in [7, 11) is 0. The second-order valence-electron chi connectivity index (χ2n) is 8.65. The van der Waals surface area contributed by atoms with Crippen molar-refractivity contribution in [2.75, 3.05) is 29.6 Å². The molecule has 0 saturated heterocycles. The van der Waals surface area contributed by atoms with E-state index in [0.29, 0.717) is 0 Å². The smallest absolute Gasteiger partial charge is 0.432 e. The molecule has 0 aromatic heterocycles. The van der Waals surface area contributed by atoms with Gasteiger partial charge >= 0.3 is 29.9 Å². The van der Waals surface area contributed by atoms with Gasteiger partial charge in [-0.3, -0.25) is 19.2 Å². The molecule has 0 rings (SSSR count). The molecule has 0 aromatic rings. The van der Waals surface area contributed by atoms with Crippen LogP contribution in [-0.2, 0) is 38.1 Å². The Kier molecular flexibility index (Phi) is 14.3. The lowest BCUT2D eigenvalue weighted by molar-refractivity contribution is -0.380. The molecular weight excluding hydrogens is 508 g/mol. The van der Waals surface area contributed by atoms with Gasteiger partial charge in [0.1, 0.15) is 12.0 Å². The van der Waals surface area contributed by atoms with Crippen LogP contribution in [0.25, 0.3) is 0 Å². The van der Waals surface area contributed by atoms with E-state index in [4.69, 9.17) is 18.9 Å². The summed E-state index contributed by atoms with van der Waals surface area (Å²) >= 11 is 16.4. The molecule has 4 unspecified atom stereocenters. The van der Waals surface area contributed by atoms with Gasteiger partial charge in [-0.25, -0.2) is 0 Å².